The third-order valence-electron chi connectivity index (χ3n) is 9.97. The molecule has 4 N–H and O–H groups in total. The zero-order valence-electron chi connectivity index (χ0n) is 25.4. The number of rotatable bonds is 3. The highest BCUT2D eigenvalue weighted by Gasteiger charge is 2.64. The van der Waals surface area contributed by atoms with E-state index in [0.29, 0.717) is 29.2 Å². The minimum Gasteiger partial charge on any atom is -0.504 e. The van der Waals surface area contributed by atoms with Crippen LogP contribution in [0.5, 0.6) is 23.0 Å². The van der Waals surface area contributed by atoms with Crippen molar-refractivity contribution in [1.82, 2.24) is 4.90 Å². The number of methoxy groups -OCH3 is 2. The number of ether oxygens (including phenoxy) is 3. The summed E-state index contributed by atoms with van der Waals surface area (Å²) in [6.07, 6.45) is 5.90. The van der Waals surface area contributed by atoms with Crippen LogP contribution in [0.15, 0.2) is 70.9 Å². The molecule has 44 heavy (non-hydrogen) atoms. The zero-order valence-corrected chi connectivity index (χ0v) is 25.4. The number of phenolic OH excluding ortho intramolecular Hbond substituents is 1. The molecule has 8 rings (SSSR count). The fourth-order valence-electron chi connectivity index (χ4n) is 7.88. The third-order valence-corrected chi connectivity index (χ3v) is 9.97. The first kappa shape index (κ1) is 28.4. The molecule has 3 heterocycles. The number of aliphatic hydroxyl groups excluding tert-OH is 1. The van der Waals surface area contributed by atoms with E-state index in [0.717, 1.165) is 59.6 Å². The number of benzene rings is 3. The summed E-state index contributed by atoms with van der Waals surface area (Å²) in [7, 11) is 5.45. The van der Waals surface area contributed by atoms with Crippen molar-refractivity contribution in [1.29, 1.82) is 0 Å². The number of hydrogen-bond donors (Lipinski definition) is 3. The molecule has 228 valence electrons. The molecule has 3 aliphatic heterocycles. The van der Waals surface area contributed by atoms with Crippen LogP contribution in [0.25, 0.3) is 0 Å². The van der Waals surface area contributed by atoms with Crippen molar-refractivity contribution >= 4 is 17.1 Å². The zero-order chi connectivity index (χ0) is 30.7. The number of fused-ring (bicyclic) bond motifs is 1. The van der Waals surface area contributed by atoms with Gasteiger partial charge in [0.05, 0.1) is 14.2 Å². The summed E-state index contributed by atoms with van der Waals surface area (Å²) in [5.74, 6) is 2.57. The number of piperidine rings is 1. The predicted molar refractivity (Wildman–Crippen MR) is 170 cm³/mol. The highest BCUT2D eigenvalue weighted by molar-refractivity contribution is 6.15. The summed E-state index contributed by atoms with van der Waals surface area (Å²) in [5, 5.41) is 29.4. The Morgan fingerprint density at radius 3 is 2.50 bits per heavy atom. The van der Waals surface area contributed by atoms with Gasteiger partial charge in [0.2, 0.25) is 0 Å². The Morgan fingerprint density at radius 2 is 1.75 bits per heavy atom. The standard InChI is InChI=1S/C18H19N3O2.C17H19NO3/c1-11-8-13-9-16(22-2)17(23-3)10-15(13)18(21-20-11)12-4-6-14(19)7-5-12;1-18-7-6-17-10-3-5-13(20)16(17)21-15-12(19)4-2-9(14(15)17)8-11(10)18/h4-7,9-10H,8,19H2,1-3H3;2-5,10-11,13,16,19-20H,6-8H2,1H3/t;10-,11+,13-,16-,17-/m.0/s1. The highest BCUT2D eigenvalue weighted by atomic mass is 16.5. The van der Waals surface area contributed by atoms with Crippen LogP contribution in [0.1, 0.15) is 41.2 Å². The maximum atomic E-state index is 10.4. The maximum absolute atomic E-state index is 10.4. The number of nitrogen functional groups attached to an aromatic ring is 1. The summed E-state index contributed by atoms with van der Waals surface area (Å²) >= 11 is 0. The number of phenols is 1. The molecule has 5 atom stereocenters. The fraction of sp³-hybridized carbons (Fsp3) is 0.371. The van der Waals surface area contributed by atoms with Crippen LogP contribution in [0.3, 0.4) is 0 Å². The van der Waals surface area contributed by atoms with Gasteiger partial charge < -0.3 is 35.1 Å². The van der Waals surface area contributed by atoms with Crippen molar-refractivity contribution in [3.05, 3.63) is 88.5 Å². The predicted octanol–water partition coefficient (Wildman–Crippen LogP) is 4.25. The number of likely N-dealkylation sites (tertiary alicyclic amines) is 1. The normalized spacial score (nSPS) is 27.4. The molecule has 1 saturated heterocycles. The number of nitrogens with two attached hydrogens (primary N) is 1. The Hall–Kier alpha value is -4.34. The molecule has 0 unspecified atom stereocenters. The van der Waals surface area contributed by atoms with Gasteiger partial charge in [-0.25, -0.2) is 0 Å². The molecule has 2 aliphatic carbocycles. The van der Waals surface area contributed by atoms with Gasteiger partial charge in [0.1, 0.15) is 17.9 Å². The number of likely N-dealkylation sites (N-methyl/N-ethyl adjacent to an activating group) is 1. The molecule has 1 fully saturated rings. The molecular weight excluding hydrogens is 556 g/mol. The average molecular weight is 595 g/mol. The van der Waals surface area contributed by atoms with Crippen molar-refractivity contribution < 1.29 is 24.4 Å². The molecular formula is C35H38N4O5. The van der Waals surface area contributed by atoms with E-state index in [9.17, 15) is 10.2 Å². The van der Waals surface area contributed by atoms with Gasteiger partial charge in [-0.1, -0.05) is 30.4 Å². The average Bonchev–Trinajstić information content (AvgIpc) is 3.30. The molecule has 9 heteroatoms. The molecule has 0 aromatic heterocycles. The van der Waals surface area contributed by atoms with E-state index < -0.39 is 6.10 Å². The van der Waals surface area contributed by atoms with Crippen LogP contribution >= 0.6 is 0 Å². The van der Waals surface area contributed by atoms with E-state index in [4.69, 9.17) is 19.9 Å². The molecule has 1 spiro atoms. The maximum Gasteiger partial charge on any atom is 0.165 e. The summed E-state index contributed by atoms with van der Waals surface area (Å²) in [6.45, 7) is 2.98. The largest absolute Gasteiger partial charge is 0.504 e. The third kappa shape index (κ3) is 4.29. The second-order valence-electron chi connectivity index (χ2n) is 12.4. The van der Waals surface area contributed by atoms with Gasteiger partial charge >= 0.3 is 0 Å². The van der Waals surface area contributed by atoms with E-state index in [-0.39, 0.29) is 17.3 Å². The van der Waals surface area contributed by atoms with Gasteiger partial charge in [0.25, 0.3) is 0 Å². The molecule has 3 aromatic carbocycles. The smallest absolute Gasteiger partial charge is 0.165 e. The van der Waals surface area contributed by atoms with Crippen LogP contribution < -0.4 is 19.9 Å². The lowest BCUT2D eigenvalue weighted by molar-refractivity contribution is -0.0453. The minimum atomic E-state index is -0.594. The first-order chi connectivity index (χ1) is 21.2. The molecule has 9 nitrogen and oxygen atoms in total. The van der Waals surface area contributed by atoms with E-state index in [1.165, 1.54) is 11.1 Å². The Labute approximate surface area is 257 Å². The molecule has 0 radical (unpaired) electrons. The van der Waals surface area contributed by atoms with E-state index in [1.807, 2.05) is 55.5 Å². The topological polar surface area (TPSA) is 122 Å². The first-order valence-corrected chi connectivity index (χ1v) is 15.1. The number of anilines is 1. The van der Waals surface area contributed by atoms with Gasteiger partial charge in [-0.3, -0.25) is 0 Å². The summed E-state index contributed by atoms with van der Waals surface area (Å²) in [6, 6.07) is 15.8. The summed E-state index contributed by atoms with van der Waals surface area (Å²) in [4.78, 5) is 2.43. The summed E-state index contributed by atoms with van der Waals surface area (Å²) < 4.78 is 16.9. The molecule has 0 amide bonds. The highest BCUT2D eigenvalue weighted by Crippen LogP contribution is 2.62. The monoisotopic (exact) mass is 594 g/mol. The first-order valence-electron chi connectivity index (χ1n) is 15.1. The van der Waals surface area contributed by atoms with Crippen molar-refractivity contribution in [2.75, 3.05) is 33.5 Å². The second-order valence-corrected chi connectivity index (χ2v) is 12.4. The number of aliphatic hydroxyl groups is 1. The number of aromatic hydroxyl groups is 1. The van der Waals surface area contributed by atoms with Crippen molar-refractivity contribution in [3.63, 3.8) is 0 Å². The van der Waals surface area contributed by atoms with E-state index >= 15 is 0 Å². The second kappa shape index (κ2) is 10.7. The molecule has 0 saturated carbocycles. The quantitative estimate of drug-likeness (QED) is 0.306. The summed E-state index contributed by atoms with van der Waals surface area (Å²) in [5.41, 5.74) is 13.6. The number of nitrogens with zero attached hydrogens (tertiary/aromatic N) is 3. The van der Waals surface area contributed by atoms with Gasteiger partial charge in [0, 0.05) is 51.9 Å². The Bertz CT molecular complexity index is 1710. The van der Waals surface area contributed by atoms with E-state index in [2.05, 4.69) is 28.2 Å². The minimum absolute atomic E-state index is 0.160. The van der Waals surface area contributed by atoms with Crippen LogP contribution in [-0.4, -0.2) is 72.6 Å². The van der Waals surface area contributed by atoms with Crippen LogP contribution in [0.4, 0.5) is 5.69 Å². The number of hydrogen-bond acceptors (Lipinski definition) is 9. The van der Waals surface area contributed by atoms with Gasteiger partial charge in [-0.05, 0) is 74.8 Å². The molecule has 3 aromatic rings. The SMILES string of the molecule is CN1CC[C@]23c4c5ccc(O)c4O[C@H]2[C@@H](O)C=C[C@H]3[C@H]1C5.COc1cc2c(cc1OC)C(c1ccc(N)cc1)=NN=C(C)C2. The van der Waals surface area contributed by atoms with Crippen molar-refractivity contribution in [2.45, 2.75) is 49.9 Å². The molecule has 2 bridgehead atoms. The lowest BCUT2D eigenvalue weighted by atomic mass is 9.53. The van der Waals surface area contributed by atoms with Gasteiger partial charge in [0.15, 0.2) is 23.0 Å². The fourth-order valence-corrected chi connectivity index (χ4v) is 7.88. The van der Waals surface area contributed by atoms with E-state index in [1.54, 1.807) is 20.3 Å². The Morgan fingerprint density at radius 1 is 1.00 bits per heavy atom. The lowest BCUT2D eigenvalue weighted by Gasteiger charge is -2.56. The van der Waals surface area contributed by atoms with Crippen LogP contribution in [0, 0.1) is 5.92 Å². The van der Waals surface area contributed by atoms with Crippen molar-refractivity contribution in [3.8, 4) is 23.0 Å². The Balaban J connectivity index is 0.000000142. The van der Waals surface area contributed by atoms with Crippen LogP contribution in [-0.2, 0) is 18.3 Å². The van der Waals surface area contributed by atoms with Crippen molar-refractivity contribution in [2.24, 2.45) is 16.1 Å². The van der Waals surface area contributed by atoms with Gasteiger partial charge in [-0.15, -0.1) is 5.10 Å². The lowest BCUT2D eigenvalue weighted by Crippen LogP contribution is -2.64. The van der Waals surface area contributed by atoms with Gasteiger partial charge in [-0.2, -0.15) is 5.10 Å². The van der Waals surface area contributed by atoms with Crippen LogP contribution in [0.2, 0.25) is 0 Å². The molecule has 5 aliphatic rings. The Kier molecular flexibility index (Phi) is 6.90.